The lowest BCUT2D eigenvalue weighted by Crippen LogP contribution is -2.24. The molecule has 3 heterocycles. The van der Waals surface area contributed by atoms with E-state index in [1.807, 2.05) is 41.8 Å². The van der Waals surface area contributed by atoms with Gasteiger partial charge in [0.05, 0.1) is 19.0 Å². The lowest BCUT2D eigenvalue weighted by Gasteiger charge is -2.11. The van der Waals surface area contributed by atoms with Crippen LogP contribution < -0.4 is 19.5 Å². The number of thioether (sulfide) groups is 1. The SMILES string of the molecule is CCn1c(SCC(=O)NCc2ccc3c(c2)CC(C)O3)nnc1-c1ccc2c(c1)OCCCO2. The molecule has 2 aromatic carbocycles. The number of nitrogens with zero attached hydrogens (tertiary/aromatic N) is 3. The summed E-state index contributed by atoms with van der Waals surface area (Å²) < 4.78 is 19.3. The number of hydrogen-bond acceptors (Lipinski definition) is 7. The molecule has 178 valence electrons. The van der Waals surface area contributed by atoms with E-state index in [9.17, 15) is 4.79 Å². The zero-order valence-corrected chi connectivity index (χ0v) is 20.2. The van der Waals surface area contributed by atoms with Crippen LogP contribution in [0, 0.1) is 0 Å². The predicted octanol–water partition coefficient (Wildman–Crippen LogP) is 3.86. The number of amides is 1. The summed E-state index contributed by atoms with van der Waals surface area (Å²) in [6.45, 7) is 6.57. The highest BCUT2D eigenvalue weighted by atomic mass is 32.2. The van der Waals surface area contributed by atoms with Crippen LogP contribution in [-0.2, 0) is 24.3 Å². The summed E-state index contributed by atoms with van der Waals surface area (Å²) in [6.07, 6.45) is 1.98. The molecule has 1 N–H and O–H groups in total. The van der Waals surface area contributed by atoms with Crippen molar-refractivity contribution >= 4 is 17.7 Å². The summed E-state index contributed by atoms with van der Waals surface area (Å²) in [5.74, 6) is 3.39. The zero-order chi connectivity index (χ0) is 23.5. The number of hydrogen-bond donors (Lipinski definition) is 1. The Hall–Kier alpha value is -3.20. The van der Waals surface area contributed by atoms with E-state index in [1.165, 1.54) is 17.3 Å². The summed E-state index contributed by atoms with van der Waals surface area (Å²) in [5, 5.41) is 12.4. The van der Waals surface area contributed by atoms with Crippen LogP contribution in [0.25, 0.3) is 11.4 Å². The van der Waals surface area contributed by atoms with E-state index in [-0.39, 0.29) is 17.8 Å². The van der Waals surface area contributed by atoms with E-state index in [4.69, 9.17) is 14.2 Å². The van der Waals surface area contributed by atoms with Gasteiger partial charge in [0.15, 0.2) is 22.5 Å². The van der Waals surface area contributed by atoms with Crippen LogP contribution >= 0.6 is 11.8 Å². The van der Waals surface area contributed by atoms with Crippen LogP contribution in [0.2, 0.25) is 0 Å². The van der Waals surface area contributed by atoms with Crippen LogP contribution in [0.3, 0.4) is 0 Å². The van der Waals surface area contributed by atoms with Gasteiger partial charge in [0, 0.05) is 31.5 Å². The van der Waals surface area contributed by atoms with E-state index in [2.05, 4.69) is 28.5 Å². The minimum atomic E-state index is -0.0436. The molecule has 0 saturated heterocycles. The Bertz CT molecular complexity index is 1200. The molecule has 1 amide bonds. The molecule has 2 aliphatic heterocycles. The van der Waals surface area contributed by atoms with Crippen LogP contribution in [0.5, 0.6) is 17.2 Å². The number of benzene rings is 2. The summed E-state index contributed by atoms with van der Waals surface area (Å²) in [4.78, 5) is 12.5. The molecule has 0 fully saturated rings. The van der Waals surface area contributed by atoms with Gasteiger partial charge in [0.1, 0.15) is 11.9 Å². The molecule has 1 aromatic heterocycles. The van der Waals surface area contributed by atoms with Crippen LogP contribution in [-0.4, -0.2) is 45.7 Å². The number of carbonyl (C=O) groups is 1. The Morgan fingerprint density at radius 2 is 1.94 bits per heavy atom. The Labute approximate surface area is 203 Å². The van der Waals surface area contributed by atoms with Gasteiger partial charge in [-0.25, -0.2) is 0 Å². The number of nitrogens with one attached hydrogen (secondary N) is 1. The molecule has 0 aliphatic carbocycles. The molecular formula is C25H28N4O4S. The summed E-state index contributed by atoms with van der Waals surface area (Å²) >= 11 is 1.38. The molecule has 5 rings (SSSR count). The molecule has 34 heavy (non-hydrogen) atoms. The van der Waals surface area contributed by atoms with Crippen molar-refractivity contribution in [3.8, 4) is 28.6 Å². The third kappa shape index (κ3) is 4.84. The van der Waals surface area contributed by atoms with Crippen molar-refractivity contribution < 1.29 is 19.0 Å². The van der Waals surface area contributed by atoms with E-state index < -0.39 is 0 Å². The average Bonchev–Trinajstić information content (AvgIpc) is 3.34. The standard InChI is InChI=1S/C25H28N4O4S/c1-3-29-24(18-6-8-21-22(13-18)32-10-4-9-31-21)27-28-25(29)34-15-23(30)26-14-17-5-7-20-19(12-17)11-16(2)33-20/h5-8,12-13,16H,3-4,9-11,14-15H2,1-2H3,(H,26,30). The fourth-order valence-electron chi connectivity index (χ4n) is 4.16. The lowest BCUT2D eigenvalue weighted by atomic mass is 10.1. The number of ether oxygens (including phenoxy) is 3. The molecule has 1 atom stereocenters. The van der Waals surface area contributed by atoms with Crippen molar-refractivity contribution in [2.24, 2.45) is 0 Å². The lowest BCUT2D eigenvalue weighted by molar-refractivity contribution is -0.118. The largest absolute Gasteiger partial charge is 0.490 e. The Morgan fingerprint density at radius 1 is 1.12 bits per heavy atom. The van der Waals surface area contributed by atoms with Crippen molar-refractivity contribution in [3.05, 3.63) is 47.5 Å². The molecule has 0 radical (unpaired) electrons. The van der Waals surface area contributed by atoms with E-state index >= 15 is 0 Å². The highest BCUT2D eigenvalue weighted by molar-refractivity contribution is 7.99. The maximum atomic E-state index is 12.5. The van der Waals surface area contributed by atoms with Gasteiger partial charge < -0.3 is 24.1 Å². The van der Waals surface area contributed by atoms with Crippen molar-refractivity contribution in [2.45, 2.75) is 51.0 Å². The summed E-state index contributed by atoms with van der Waals surface area (Å²) in [7, 11) is 0. The first-order chi connectivity index (χ1) is 16.6. The second-order valence-corrected chi connectivity index (χ2v) is 9.35. The number of rotatable bonds is 7. The second-order valence-electron chi connectivity index (χ2n) is 8.40. The third-order valence-corrected chi connectivity index (χ3v) is 6.79. The second kappa shape index (κ2) is 9.97. The van der Waals surface area contributed by atoms with Gasteiger partial charge in [0.25, 0.3) is 0 Å². The van der Waals surface area contributed by atoms with E-state index in [0.29, 0.717) is 31.5 Å². The van der Waals surface area contributed by atoms with Gasteiger partial charge in [-0.05, 0) is 49.2 Å². The smallest absolute Gasteiger partial charge is 0.230 e. The molecule has 0 bridgehead atoms. The number of aromatic nitrogens is 3. The maximum absolute atomic E-state index is 12.5. The third-order valence-electron chi connectivity index (χ3n) is 5.82. The Balaban J connectivity index is 1.21. The van der Waals surface area contributed by atoms with Gasteiger partial charge in [-0.15, -0.1) is 10.2 Å². The topological polar surface area (TPSA) is 87.5 Å². The van der Waals surface area contributed by atoms with Gasteiger partial charge in [0.2, 0.25) is 5.91 Å². The molecule has 9 heteroatoms. The number of fused-ring (bicyclic) bond motifs is 2. The maximum Gasteiger partial charge on any atom is 0.230 e. The normalized spacial score (nSPS) is 16.5. The Morgan fingerprint density at radius 3 is 2.79 bits per heavy atom. The first-order valence-electron chi connectivity index (χ1n) is 11.6. The first kappa shape index (κ1) is 22.6. The first-order valence-corrected chi connectivity index (χ1v) is 12.6. The predicted molar refractivity (Wildman–Crippen MR) is 130 cm³/mol. The molecule has 0 spiro atoms. The Kier molecular flexibility index (Phi) is 6.62. The molecule has 3 aromatic rings. The van der Waals surface area contributed by atoms with Gasteiger partial charge >= 0.3 is 0 Å². The molecule has 0 saturated carbocycles. The van der Waals surface area contributed by atoms with Crippen LogP contribution in [0.15, 0.2) is 41.6 Å². The molecular weight excluding hydrogens is 452 g/mol. The monoisotopic (exact) mass is 480 g/mol. The zero-order valence-electron chi connectivity index (χ0n) is 19.4. The van der Waals surface area contributed by atoms with Crippen LogP contribution in [0.4, 0.5) is 0 Å². The van der Waals surface area contributed by atoms with Gasteiger partial charge in [-0.3, -0.25) is 4.79 Å². The fourth-order valence-corrected chi connectivity index (χ4v) is 5.00. The van der Waals surface area contributed by atoms with Crippen LogP contribution in [0.1, 0.15) is 31.4 Å². The summed E-state index contributed by atoms with van der Waals surface area (Å²) in [6, 6.07) is 11.9. The highest BCUT2D eigenvalue weighted by Gasteiger charge is 2.20. The fraction of sp³-hybridized carbons (Fsp3) is 0.400. The van der Waals surface area contributed by atoms with E-state index in [1.54, 1.807) is 0 Å². The van der Waals surface area contributed by atoms with Crippen molar-refractivity contribution in [3.63, 3.8) is 0 Å². The molecule has 2 aliphatic rings. The minimum absolute atomic E-state index is 0.0436. The quantitative estimate of drug-likeness (QED) is 0.514. The van der Waals surface area contributed by atoms with Gasteiger partial charge in [-0.1, -0.05) is 23.9 Å². The average molecular weight is 481 g/mol. The van der Waals surface area contributed by atoms with E-state index in [0.717, 1.165) is 47.0 Å². The molecule has 1 unspecified atom stereocenters. The minimum Gasteiger partial charge on any atom is -0.490 e. The summed E-state index contributed by atoms with van der Waals surface area (Å²) in [5.41, 5.74) is 3.18. The molecule has 8 nitrogen and oxygen atoms in total. The van der Waals surface area contributed by atoms with Crippen molar-refractivity contribution in [1.29, 1.82) is 0 Å². The van der Waals surface area contributed by atoms with Crippen molar-refractivity contribution in [2.75, 3.05) is 19.0 Å². The number of carbonyl (C=O) groups excluding carboxylic acids is 1. The van der Waals surface area contributed by atoms with Gasteiger partial charge in [-0.2, -0.15) is 0 Å². The highest BCUT2D eigenvalue weighted by Crippen LogP contribution is 2.34. The van der Waals surface area contributed by atoms with Crippen molar-refractivity contribution in [1.82, 2.24) is 20.1 Å².